The third kappa shape index (κ3) is 3.22. The van der Waals surface area contributed by atoms with Gasteiger partial charge in [0.05, 0.1) is 5.02 Å². The zero-order valence-electron chi connectivity index (χ0n) is 9.91. The van der Waals surface area contributed by atoms with Crippen LogP contribution in [-0.2, 0) is 5.75 Å². The lowest BCUT2D eigenvalue weighted by molar-refractivity contribution is 1.34. The van der Waals surface area contributed by atoms with Crippen molar-refractivity contribution in [3.63, 3.8) is 0 Å². The van der Waals surface area contributed by atoms with Gasteiger partial charge in [0.25, 0.3) is 0 Å². The average Bonchev–Trinajstić information content (AvgIpc) is 2.39. The fraction of sp³-hybridized carbons (Fsp3) is 0.143. The van der Waals surface area contributed by atoms with E-state index < -0.39 is 0 Å². The summed E-state index contributed by atoms with van der Waals surface area (Å²) in [6.45, 7) is 0. The minimum absolute atomic E-state index is 0.791. The molecule has 0 aliphatic carbocycles. The van der Waals surface area contributed by atoms with E-state index in [4.69, 9.17) is 11.6 Å². The maximum atomic E-state index is 6.24. The molecule has 1 N–H and O–H groups in total. The summed E-state index contributed by atoms with van der Waals surface area (Å²) in [4.78, 5) is 1.09. The topological polar surface area (TPSA) is 12.0 Å². The van der Waals surface area contributed by atoms with Gasteiger partial charge in [-0.15, -0.1) is 11.8 Å². The van der Waals surface area contributed by atoms with Crippen LogP contribution in [0.25, 0.3) is 0 Å². The van der Waals surface area contributed by atoms with Crippen molar-refractivity contribution in [3.05, 3.63) is 57.5 Å². The van der Waals surface area contributed by atoms with Crippen LogP contribution in [0.3, 0.4) is 0 Å². The highest BCUT2D eigenvalue weighted by Gasteiger charge is 2.07. The van der Waals surface area contributed by atoms with E-state index >= 15 is 0 Å². The molecule has 0 aliphatic rings. The third-order valence-corrected chi connectivity index (χ3v) is 4.95. The summed E-state index contributed by atoms with van der Waals surface area (Å²) in [5.41, 5.74) is 2.34. The van der Waals surface area contributed by atoms with E-state index in [0.717, 1.165) is 25.8 Å². The summed E-state index contributed by atoms with van der Waals surface area (Å²) in [6, 6.07) is 14.2. The standard InChI is InChI=1S/C14H13BrClNS/c1-17-13-8-4-7-12(16)14(13)18-9-10-5-2-3-6-11(10)15/h2-8,17H,9H2,1H3. The van der Waals surface area contributed by atoms with Crippen LogP contribution in [0.2, 0.25) is 5.02 Å². The molecule has 0 heterocycles. The van der Waals surface area contributed by atoms with Gasteiger partial charge in [-0.1, -0.05) is 51.8 Å². The number of benzene rings is 2. The van der Waals surface area contributed by atoms with Gasteiger partial charge >= 0.3 is 0 Å². The Hall–Kier alpha value is -0.640. The molecule has 2 rings (SSSR count). The van der Waals surface area contributed by atoms with Gasteiger partial charge in [0.1, 0.15) is 0 Å². The Morgan fingerprint density at radius 3 is 2.67 bits per heavy atom. The van der Waals surface area contributed by atoms with Gasteiger partial charge in [-0.3, -0.25) is 0 Å². The molecule has 0 aliphatic heterocycles. The quantitative estimate of drug-likeness (QED) is 0.743. The van der Waals surface area contributed by atoms with Crippen LogP contribution >= 0.6 is 39.3 Å². The lowest BCUT2D eigenvalue weighted by Gasteiger charge is -2.11. The van der Waals surface area contributed by atoms with Crippen molar-refractivity contribution in [1.29, 1.82) is 0 Å². The molecular formula is C14H13BrClNS. The van der Waals surface area contributed by atoms with E-state index in [1.807, 2.05) is 37.4 Å². The second-order valence-electron chi connectivity index (χ2n) is 3.75. The maximum absolute atomic E-state index is 6.24. The van der Waals surface area contributed by atoms with Crippen LogP contribution in [-0.4, -0.2) is 7.05 Å². The van der Waals surface area contributed by atoms with Crippen LogP contribution < -0.4 is 5.32 Å². The summed E-state index contributed by atoms with van der Waals surface area (Å²) < 4.78 is 1.13. The molecule has 94 valence electrons. The number of nitrogens with one attached hydrogen (secondary N) is 1. The number of hydrogen-bond acceptors (Lipinski definition) is 2. The smallest absolute Gasteiger partial charge is 0.0562 e. The highest BCUT2D eigenvalue weighted by molar-refractivity contribution is 9.10. The normalized spacial score (nSPS) is 10.4. The highest BCUT2D eigenvalue weighted by atomic mass is 79.9. The average molecular weight is 343 g/mol. The molecule has 18 heavy (non-hydrogen) atoms. The van der Waals surface area contributed by atoms with Gasteiger partial charge in [-0.2, -0.15) is 0 Å². The number of halogens is 2. The monoisotopic (exact) mass is 341 g/mol. The zero-order chi connectivity index (χ0) is 13.0. The molecule has 0 fully saturated rings. The van der Waals surface area contributed by atoms with Crippen LogP contribution in [0.4, 0.5) is 5.69 Å². The van der Waals surface area contributed by atoms with E-state index in [9.17, 15) is 0 Å². The Kier molecular flexibility index (Phi) is 4.98. The van der Waals surface area contributed by atoms with Crippen LogP contribution in [0.5, 0.6) is 0 Å². The van der Waals surface area contributed by atoms with Gasteiger partial charge < -0.3 is 5.32 Å². The molecule has 2 aromatic carbocycles. The third-order valence-electron chi connectivity index (χ3n) is 2.57. The van der Waals surface area contributed by atoms with Crippen molar-refractivity contribution in [1.82, 2.24) is 0 Å². The molecule has 0 atom stereocenters. The minimum Gasteiger partial charge on any atom is -0.387 e. The van der Waals surface area contributed by atoms with Gasteiger partial charge in [-0.25, -0.2) is 0 Å². The largest absolute Gasteiger partial charge is 0.387 e. The molecule has 1 nitrogen and oxygen atoms in total. The molecule has 0 saturated heterocycles. The first-order valence-electron chi connectivity index (χ1n) is 5.55. The first-order valence-corrected chi connectivity index (χ1v) is 7.70. The van der Waals surface area contributed by atoms with E-state index in [2.05, 4.69) is 33.4 Å². The molecule has 0 amide bonds. The fourth-order valence-corrected chi connectivity index (χ4v) is 3.65. The first-order chi connectivity index (χ1) is 8.72. The molecule has 0 saturated carbocycles. The van der Waals surface area contributed by atoms with E-state index in [0.29, 0.717) is 0 Å². The molecule has 4 heteroatoms. The zero-order valence-corrected chi connectivity index (χ0v) is 13.1. The van der Waals surface area contributed by atoms with Crippen LogP contribution in [0.15, 0.2) is 51.8 Å². The van der Waals surface area contributed by atoms with Crippen molar-refractivity contribution >= 4 is 45.0 Å². The minimum atomic E-state index is 0.791. The van der Waals surface area contributed by atoms with E-state index in [1.54, 1.807) is 11.8 Å². The molecule has 0 unspecified atom stereocenters. The number of thioether (sulfide) groups is 1. The predicted molar refractivity (Wildman–Crippen MR) is 84.7 cm³/mol. The van der Waals surface area contributed by atoms with Crippen molar-refractivity contribution in [2.75, 3.05) is 12.4 Å². The molecular weight excluding hydrogens is 330 g/mol. The second kappa shape index (κ2) is 6.50. The Labute approximate surface area is 125 Å². The number of rotatable bonds is 4. The van der Waals surface area contributed by atoms with Crippen LogP contribution in [0, 0.1) is 0 Å². The van der Waals surface area contributed by atoms with Crippen molar-refractivity contribution in [3.8, 4) is 0 Å². The van der Waals surface area contributed by atoms with Crippen molar-refractivity contribution in [2.45, 2.75) is 10.6 Å². The SMILES string of the molecule is CNc1cccc(Cl)c1SCc1ccccc1Br. The lowest BCUT2D eigenvalue weighted by atomic mass is 10.2. The number of anilines is 1. The molecule has 0 bridgehead atoms. The predicted octanol–water partition coefficient (Wildman–Crippen LogP) is 5.44. The molecule has 0 radical (unpaired) electrons. The van der Waals surface area contributed by atoms with E-state index in [-0.39, 0.29) is 0 Å². The van der Waals surface area contributed by atoms with Crippen molar-refractivity contribution in [2.24, 2.45) is 0 Å². The van der Waals surface area contributed by atoms with Gasteiger partial charge in [0.2, 0.25) is 0 Å². The maximum Gasteiger partial charge on any atom is 0.0562 e. The summed E-state index contributed by atoms with van der Waals surface area (Å²) in [7, 11) is 1.91. The van der Waals surface area contributed by atoms with Gasteiger partial charge in [0, 0.05) is 27.9 Å². The molecule has 0 spiro atoms. The fourth-order valence-electron chi connectivity index (χ4n) is 1.62. The van der Waals surface area contributed by atoms with Crippen molar-refractivity contribution < 1.29 is 0 Å². The highest BCUT2D eigenvalue weighted by Crippen LogP contribution is 2.36. The Morgan fingerprint density at radius 2 is 1.94 bits per heavy atom. The summed E-state index contributed by atoms with van der Waals surface area (Å²) in [5.74, 6) is 0.889. The van der Waals surface area contributed by atoms with E-state index in [1.165, 1.54) is 5.56 Å². The lowest BCUT2D eigenvalue weighted by Crippen LogP contribution is -1.92. The molecule has 2 aromatic rings. The summed E-state index contributed by atoms with van der Waals surface area (Å²) >= 11 is 11.5. The first kappa shape index (κ1) is 13.8. The van der Waals surface area contributed by atoms with Gasteiger partial charge in [-0.05, 0) is 23.8 Å². The Morgan fingerprint density at radius 1 is 1.17 bits per heavy atom. The second-order valence-corrected chi connectivity index (χ2v) is 5.99. The Balaban J connectivity index is 2.18. The van der Waals surface area contributed by atoms with Crippen LogP contribution in [0.1, 0.15) is 5.56 Å². The Bertz CT molecular complexity index is 545. The number of hydrogen-bond donors (Lipinski definition) is 1. The van der Waals surface area contributed by atoms with Gasteiger partial charge in [0.15, 0.2) is 0 Å². The molecule has 0 aromatic heterocycles. The summed E-state index contributed by atoms with van der Waals surface area (Å²) in [6.07, 6.45) is 0. The summed E-state index contributed by atoms with van der Waals surface area (Å²) in [5, 5.41) is 3.96.